The van der Waals surface area contributed by atoms with Crippen molar-refractivity contribution in [3.63, 3.8) is 0 Å². The highest BCUT2D eigenvalue weighted by Gasteiger charge is 2.15. The second-order valence-electron chi connectivity index (χ2n) is 4.46. The Balaban J connectivity index is 3.33. The van der Waals surface area contributed by atoms with Crippen molar-refractivity contribution in [1.82, 2.24) is 0 Å². The highest BCUT2D eigenvalue weighted by atomic mass is 16.5. The van der Waals surface area contributed by atoms with E-state index in [1.807, 2.05) is 12.1 Å². The van der Waals surface area contributed by atoms with Gasteiger partial charge in [0.25, 0.3) is 0 Å². The molecule has 0 aromatic heterocycles. The van der Waals surface area contributed by atoms with Crippen molar-refractivity contribution in [2.45, 2.75) is 39.5 Å². The molecule has 0 amide bonds. The van der Waals surface area contributed by atoms with E-state index in [9.17, 15) is 5.11 Å². The lowest BCUT2D eigenvalue weighted by atomic mass is 9.93. The van der Waals surface area contributed by atoms with Crippen LogP contribution in [0.3, 0.4) is 0 Å². The molecule has 0 fully saturated rings. The van der Waals surface area contributed by atoms with Crippen molar-refractivity contribution in [3.8, 4) is 11.5 Å². The number of benzene rings is 1. The summed E-state index contributed by atoms with van der Waals surface area (Å²) >= 11 is 0. The molecule has 0 unspecified atom stereocenters. The zero-order valence-electron chi connectivity index (χ0n) is 10.2. The smallest absolute Gasteiger partial charge is 0.122 e. The van der Waals surface area contributed by atoms with Crippen molar-refractivity contribution in [1.29, 1.82) is 0 Å². The van der Waals surface area contributed by atoms with Gasteiger partial charge in [0.05, 0.1) is 7.11 Å². The molecule has 0 saturated heterocycles. The SMILES string of the molecule is COc1cc(C(C)C)c(O)c(C(C)C)c1. The molecule has 0 aliphatic carbocycles. The number of rotatable bonds is 3. The summed E-state index contributed by atoms with van der Waals surface area (Å²) in [5, 5.41) is 10.1. The lowest BCUT2D eigenvalue weighted by Gasteiger charge is -2.16. The Hall–Kier alpha value is -1.18. The molecule has 0 atom stereocenters. The van der Waals surface area contributed by atoms with E-state index >= 15 is 0 Å². The maximum absolute atomic E-state index is 10.1. The number of aromatic hydroxyl groups is 1. The molecule has 84 valence electrons. The fourth-order valence-corrected chi connectivity index (χ4v) is 1.65. The van der Waals surface area contributed by atoms with Crippen molar-refractivity contribution in [2.24, 2.45) is 0 Å². The highest BCUT2D eigenvalue weighted by Crippen LogP contribution is 2.36. The van der Waals surface area contributed by atoms with Gasteiger partial charge in [-0.1, -0.05) is 27.7 Å². The van der Waals surface area contributed by atoms with Crippen LogP contribution in [-0.4, -0.2) is 12.2 Å². The molecule has 2 nitrogen and oxygen atoms in total. The minimum atomic E-state index is 0.303. The van der Waals surface area contributed by atoms with Gasteiger partial charge < -0.3 is 9.84 Å². The molecule has 0 bridgehead atoms. The number of phenolic OH excluding ortho intramolecular Hbond substituents is 1. The average molecular weight is 208 g/mol. The first-order chi connectivity index (χ1) is 6.97. The van der Waals surface area contributed by atoms with Gasteiger partial charge in [0, 0.05) is 11.1 Å². The molecular weight excluding hydrogens is 188 g/mol. The molecule has 15 heavy (non-hydrogen) atoms. The van der Waals surface area contributed by atoms with Gasteiger partial charge in [0.1, 0.15) is 11.5 Å². The van der Waals surface area contributed by atoms with Crippen LogP contribution in [0, 0.1) is 0 Å². The van der Waals surface area contributed by atoms with Crippen LogP contribution in [0.4, 0.5) is 0 Å². The maximum Gasteiger partial charge on any atom is 0.122 e. The van der Waals surface area contributed by atoms with Crippen molar-refractivity contribution < 1.29 is 9.84 Å². The molecule has 0 spiro atoms. The Morgan fingerprint density at radius 3 is 1.67 bits per heavy atom. The van der Waals surface area contributed by atoms with Crippen LogP contribution < -0.4 is 4.74 Å². The van der Waals surface area contributed by atoms with Crippen molar-refractivity contribution in [3.05, 3.63) is 23.3 Å². The lowest BCUT2D eigenvalue weighted by molar-refractivity contribution is 0.407. The quantitative estimate of drug-likeness (QED) is 0.821. The highest BCUT2D eigenvalue weighted by molar-refractivity contribution is 5.49. The third-order valence-corrected chi connectivity index (χ3v) is 2.62. The van der Waals surface area contributed by atoms with Crippen LogP contribution in [-0.2, 0) is 0 Å². The van der Waals surface area contributed by atoms with E-state index in [0.717, 1.165) is 16.9 Å². The summed E-state index contributed by atoms with van der Waals surface area (Å²) < 4.78 is 5.24. The number of ether oxygens (including phenoxy) is 1. The maximum atomic E-state index is 10.1. The first-order valence-corrected chi connectivity index (χ1v) is 5.38. The summed E-state index contributed by atoms with van der Waals surface area (Å²) in [5.74, 6) is 1.84. The van der Waals surface area contributed by atoms with E-state index in [0.29, 0.717) is 17.6 Å². The van der Waals surface area contributed by atoms with Crippen molar-refractivity contribution >= 4 is 0 Å². The van der Waals surface area contributed by atoms with Gasteiger partial charge in [-0.3, -0.25) is 0 Å². The lowest BCUT2D eigenvalue weighted by Crippen LogP contribution is -1.97. The van der Waals surface area contributed by atoms with Crippen LogP contribution in [0.25, 0.3) is 0 Å². The monoisotopic (exact) mass is 208 g/mol. The zero-order chi connectivity index (χ0) is 11.6. The third-order valence-electron chi connectivity index (χ3n) is 2.62. The van der Waals surface area contributed by atoms with Crippen LogP contribution >= 0.6 is 0 Å². The summed E-state index contributed by atoms with van der Waals surface area (Å²) in [6, 6.07) is 3.82. The van der Waals surface area contributed by atoms with Gasteiger partial charge in [-0.05, 0) is 24.0 Å². The molecule has 1 rings (SSSR count). The predicted molar refractivity (Wildman–Crippen MR) is 62.8 cm³/mol. The molecule has 1 aromatic carbocycles. The molecule has 0 radical (unpaired) electrons. The van der Waals surface area contributed by atoms with Gasteiger partial charge in [-0.15, -0.1) is 0 Å². The van der Waals surface area contributed by atoms with E-state index in [1.165, 1.54) is 0 Å². The molecule has 1 N–H and O–H groups in total. The summed E-state index contributed by atoms with van der Waals surface area (Å²) in [5.41, 5.74) is 1.91. The van der Waals surface area contributed by atoms with Crippen LogP contribution in [0.5, 0.6) is 11.5 Å². The summed E-state index contributed by atoms with van der Waals surface area (Å²) in [6.07, 6.45) is 0. The molecule has 1 aromatic rings. The topological polar surface area (TPSA) is 29.5 Å². The van der Waals surface area contributed by atoms with Gasteiger partial charge in [-0.25, -0.2) is 0 Å². The number of hydrogen-bond acceptors (Lipinski definition) is 2. The zero-order valence-corrected chi connectivity index (χ0v) is 10.2. The number of methoxy groups -OCH3 is 1. The second kappa shape index (κ2) is 4.56. The summed E-state index contributed by atoms with van der Waals surface area (Å²) in [6.45, 7) is 8.27. The van der Waals surface area contributed by atoms with Crippen LogP contribution in [0.1, 0.15) is 50.7 Å². The fourth-order valence-electron chi connectivity index (χ4n) is 1.65. The number of hydrogen-bond donors (Lipinski definition) is 1. The largest absolute Gasteiger partial charge is 0.507 e. The van der Waals surface area contributed by atoms with E-state index in [1.54, 1.807) is 7.11 Å². The Kier molecular flexibility index (Phi) is 3.61. The normalized spacial score (nSPS) is 11.1. The van der Waals surface area contributed by atoms with E-state index < -0.39 is 0 Å². The molecule has 0 aliphatic rings. The Bertz CT molecular complexity index is 311. The standard InChI is InChI=1S/C13H20O2/c1-8(2)11-6-10(15-5)7-12(9(3)4)13(11)14/h6-9,14H,1-5H3. The van der Waals surface area contributed by atoms with Gasteiger partial charge in [-0.2, -0.15) is 0 Å². The minimum absolute atomic E-state index is 0.303. The third kappa shape index (κ3) is 2.44. The van der Waals surface area contributed by atoms with Gasteiger partial charge in [0.15, 0.2) is 0 Å². The van der Waals surface area contributed by atoms with Crippen LogP contribution in [0.2, 0.25) is 0 Å². The van der Waals surface area contributed by atoms with E-state index in [4.69, 9.17) is 4.74 Å². The second-order valence-corrected chi connectivity index (χ2v) is 4.46. The minimum Gasteiger partial charge on any atom is -0.507 e. The van der Waals surface area contributed by atoms with E-state index in [2.05, 4.69) is 27.7 Å². The predicted octanol–water partition coefficient (Wildman–Crippen LogP) is 3.65. The Labute approximate surface area is 91.9 Å². The summed E-state index contributed by atoms with van der Waals surface area (Å²) in [7, 11) is 1.65. The average Bonchev–Trinajstić information content (AvgIpc) is 2.17. The van der Waals surface area contributed by atoms with Gasteiger partial charge >= 0.3 is 0 Å². The molecule has 2 heteroatoms. The molecule has 0 saturated carbocycles. The first-order valence-electron chi connectivity index (χ1n) is 5.38. The van der Waals surface area contributed by atoms with Crippen LogP contribution in [0.15, 0.2) is 12.1 Å². The fraction of sp³-hybridized carbons (Fsp3) is 0.538. The van der Waals surface area contributed by atoms with Crippen molar-refractivity contribution in [2.75, 3.05) is 7.11 Å². The molecule has 0 aliphatic heterocycles. The Morgan fingerprint density at radius 2 is 1.40 bits per heavy atom. The van der Waals surface area contributed by atoms with E-state index in [-0.39, 0.29) is 0 Å². The Morgan fingerprint density at radius 1 is 1.00 bits per heavy atom. The van der Waals surface area contributed by atoms with Gasteiger partial charge in [0.2, 0.25) is 0 Å². The number of phenols is 1. The summed E-state index contributed by atoms with van der Waals surface area (Å²) in [4.78, 5) is 0. The first kappa shape index (κ1) is 11.9. The molecule has 0 heterocycles. The molecular formula is C13H20O2.